The van der Waals surface area contributed by atoms with Crippen LogP contribution in [0.2, 0.25) is 0 Å². The maximum absolute atomic E-state index is 14.2. The number of cyclic esters (lactones) is 1. The van der Waals surface area contributed by atoms with E-state index in [1.807, 2.05) is 53.7 Å². The molecule has 13 heteroatoms. The summed E-state index contributed by atoms with van der Waals surface area (Å²) in [7, 11) is 7.50. The van der Waals surface area contributed by atoms with Crippen LogP contribution in [0.1, 0.15) is 102 Å². The summed E-state index contributed by atoms with van der Waals surface area (Å²) in [6, 6.07) is -0.330. The van der Waals surface area contributed by atoms with Gasteiger partial charge in [0.2, 0.25) is 0 Å². The lowest BCUT2D eigenvalue weighted by atomic mass is 9.77. The number of ether oxygens (including phenoxy) is 6. The quantitative estimate of drug-likeness (QED) is 0.282. The average Bonchev–Trinajstić information content (AvgIpc) is 3.05. The van der Waals surface area contributed by atoms with Crippen LogP contribution in [0.3, 0.4) is 0 Å². The molecule has 3 heterocycles. The minimum Gasteiger partial charge on any atom is -0.459 e. The van der Waals surface area contributed by atoms with E-state index in [1.54, 1.807) is 34.6 Å². The van der Waals surface area contributed by atoms with Crippen molar-refractivity contribution in [2.45, 2.75) is 186 Å². The Balaban J connectivity index is 2.17. The van der Waals surface area contributed by atoms with Gasteiger partial charge in [0.05, 0.1) is 41.5 Å². The first-order valence-corrected chi connectivity index (χ1v) is 19.5. The van der Waals surface area contributed by atoms with Crippen molar-refractivity contribution >= 4 is 5.97 Å². The monoisotopic (exact) mass is 747 g/mol. The number of aliphatic hydroxyl groups is 4. The molecule has 3 fully saturated rings. The molecule has 18 atom stereocenters. The predicted octanol–water partition coefficient (Wildman–Crippen LogP) is 3.18. The Morgan fingerprint density at radius 1 is 0.923 bits per heavy atom. The lowest BCUT2D eigenvalue weighted by Crippen LogP contribution is -2.59. The van der Waals surface area contributed by atoms with Gasteiger partial charge in [0.25, 0.3) is 0 Å². The molecule has 3 aliphatic rings. The number of methoxy groups -OCH3 is 1. The minimum atomic E-state index is -1.77. The molecule has 13 nitrogen and oxygen atoms in total. The fraction of sp³-hybridized carbons (Fsp3) is 0.974. The Morgan fingerprint density at radius 2 is 1.54 bits per heavy atom. The number of carbonyl (C=O) groups excluding carboxylic acids is 1. The zero-order valence-corrected chi connectivity index (χ0v) is 34.7. The zero-order valence-electron chi connectivity index (χ0n) is 34.7. The number of aliphatic hydroxyl groups excluding tert-OH is 2. The maximum Gasteiger partial charge on any atom is 0.311 e. The van der Waals surface area contributed by atoms with Crippen molar-refractivity contribution in [3.8, 4) is 0 Å². The summed E-state index contributed by atoms with van der Waals surface area (Å²) in [5.74, 6) is -2.34. The zero-order chi connectivity index (χ0) is 39.7. The predicted molar refractivity (Wildman–Crippen MR) is 197 cm³/mol. The number of rotatable bonds is 7. The number of carbonyl (C=O) groups is 1. The lowest BCUT2D eigenvalue weighted by molar-refractivity contribution is -0.312. The fourth-order valence-corrected chi connectivity index (χ4v) is 9.06. The van der Waals surface area contributed by atoms with Crippen LogP contribution in [0, 0.1) is 23.7 Å². The molecule has 3 rings (SSSR count). The fourth-order valence-electron chi connectivity index (χ4n) is 9.06. The summed E-state index contributed by atoms with van der Waals surface area (Å²) >= 11 is 0. The molecule has 3 saturated heterocycles. The van der Waals surface area contributed by atoms with Crippen molar-refractivity contribution in [2.75, 3.05) is 34.8 Å². The van der Waals surface area contributed by atoms with Crippen LogP contribution >= 0.6 is 0 Å². The van der Waals surface area contributed by atoms with Gasteiger partial charge in [0, 0.05) is 44.0 Å². The highest BCUT2D eigenvalue weighted by Gasteiger charge is 2.52. The van der Waals surface area contributed by atoms with Gasteiger partial charge < -0.3 is 58.6 Å². The minimum absolute atomic E-state index is 0.0440. The third-order valence-corrected chi connectivity index (χ3v) is 12.6. The molecule has 306 valence electrons. The van der Waals surface area contributed by atoms with Gasteiger partial charge in [-0.3, -0.25) is 4.79 Å². The summed E-state index contributed by atoms with van der Waals surface area (Å²) in [5.41, 5.74) is -4.20. The smallest absolute Gasteiger partial charge is 0.311 e. The third-order valence-electron chi connectivity index (χ3n) is 12.6. The molecule has 0 bridgehead atoms. The number of hydrogen-bond acceptors (Lipinski definition) is 13. The number of nitrogens with zero attached hydrogens (tertiary/aromatic N) is 2. The second-order valence-electron chi connectivity index (χ2n) is 17.5. The van der Waals surface area contributed by atoms with E-state index >= 15 is 0 Å². The topological polar surface area (TPSA) is 160 Å². The second kappa shape index (κ2) is 17.9. The van der Waals surface area contributed by atoms with E-state index in [9.17, 15) is 25.2 Å². The van der Waals surface area contributed by atoms with Gasteiger partial charge in [-0.25, -0.2) is 0 Å². The summed E-state index contributed by atoms with van der Waals surface area (Å²) in [4.78, 5) is 18.4. The highest BCUT2D eigenvalue weighted by Crippen LogP contribution is 2.41. The van der Waals surface area contributed by atoms with Crippen molar-refractivity contribution in [1.29, 1.82) is 0 Å². The van der Waals surface area contributed by atoms with E-state index in [-0.39, 0.29) is 36.8 Å². The molecule has 0 aromatic carbocycles. The van der Waals surface area contributed by atoms with Gasteiger partial charge in [-0.05, 0) is 94.8 Å². The van der Waals surface area contributed by atoms with Crippen molar-refractivity contribution < 1.29 is 53.6 Å². The van der Waals surface area contributed by atoms with Gasteiger partial charge in [-0.2, -0.15) is 0 Å². The van der Waals surface area contributed by atoms with Crippen molar-refractivity contribution in [2.24, 2.45) is 23.7 Å². The molecule has 0 amide bonds. The van der Waals surface area contributed by atoms with E-state index in [4.69, 9.17) is 28.4 Å². The van der Waals surface area contributed by atoms with Gasteiger partial charge in [-0.15, -0.1) is 0 Å². The van der Waals surface area contributed by atoms with E-state index in [0.717, 1.165) is 6.42 Å². The molecular weight excluding hydrogens is 672 g/mol. The van der Waals surface area contributed by atoms with E-state index < -0.39 is 89.9 Å². The van der Waals surface area contributed by atoms with Crippen LogP contribution in [0.25, 0.3) is 0 Å². The van der Waals surface area contributed by atoms with Crippen molar-refractivity contribution in [3.05, 3.63) is 0 Å². The molecule has 0 aliphatic carbocycles. The number of hydrogen-bond donors (Lipinski definition) is 4. The molecule has 0 radical (unpaired) electrons. The Labute approximate surface area is 313 Å². The Morgan fingerprint density at radius 3 is 2.10 bits per heavy atom. The molecule has 52 heavy (non-hydrogen) atoms. The van der Waals surface area contributed by atoms with Gasteiger partial charge >= 0.3 is 5.97 Å². The standard InChI is InChI=1S/C39H74N2O11/c1-16-29-39(11,46)32(42)26(7)41(14)20-21(2)18-37(9,45)34(52-36-23(4)28(40(12)13)17-22(3)48-36)24(5)31(25(6)35(44)50-29)51-30-19-38(10,47-15)33(43)27(8)49-30/h21-34,36,42-43,45-46H,16-20H2,1-15H3/t21-,22-,23+,24+,25-,26-,27+,28-,29-,30-,31-,32-,33-,34+,36+,37-,38+,39-/m1/s1. The van der Waals surface area contributed by atoms with Gasteiger partial charge in [0.1, 0.15) is 23.9 Å². The molecule has 0 saturated carbocycles. The van der Waals surface area contributed by atoms with Crippen LogP contribution in [-0.4, -0.2) is 155 Å². The molecule has 0 aromatic rings. The first kappa shape index (κ1) is 45.4. The molecule has 0 spiro atoms. The molecule has 3 aliphatic heterocycles. The normalized spacial score (nSPS) is 49.6. The number of esters is 1. The van der Waals surface area contributed by atoms with Crippen molar-refractivity contribution in [1.82, 2.24) is 9.80 Å². The maximum atomic E-state index is 14.2. The van der Waals surface area contributed by atoms with Gasteiger partial charge in [0.15, 0.2) is 12.6 Å². The number of likely N-dealkylation sites (N-methyl/N-ethyl adjacent to an activating group) is 1. The largest absolute Gasteiger partial charge is 0.459 e. The van der Waals surface area contributed by atoms with Crippen LogP contribution in [0.15, 0.2) is 0 Å². The highest BCUT2D eigenvalue weighted by atomic mass is 16.7. The van der Waals surface area contributed by atoms with Crippen LogP contribution < -0.4 is 0 Å². The Bertz CT molecular complexity index is 1140. The lowest BCUT2D eigenvalue weighted by Gasteiger charge is -2.49. The van der Waals surface area contributed by atoms with Crippen LogP contribution in [0.5, 0.6) is 0 Å². The van der Waals surface area contributed by atoms with Crippen molar-refractivity contribution in [3.63, 3.8) is 0 Å². The van der Waals surface area contributed by atoms with E-state index in [0.29, 0.717) is 13.0 Å². The molecule has 4 N–H and O–H groups in total. The average molecular weight is 747 g/mol. The molecule has 0 aromatic heterocycles. The molecular formula is C39H74N2O11. The third kappa shape index (κ3) is 10.1. The SMILES string of the molecule is CC[C@H]1OC(=O)[C@H](C)[C@H](O[C@@H]2C[C@](C)(OC)[C@H](O)[C@H](C)O2)[C@H](C)[C@H](O[C@@H]2O[C@H](C)C[C@@H](N(C)C)[C@@H]2C)[C@](C)(O)C[C@@H](C)CN(C)[C@H](C)[C@@H](O)[C@]1(C)O. The van der Waals surface area contributed by atoms with Gasteiger partial charge in [-0.1, -0.05) is 27.7 Å². The Kier molecular flexibility index (Phi) is 15.6. The highest BCUT2D eigenvalue weighted by molar-refractivity contribution is 5.73. The first-order valence-electron chi connectivity index (χ1n) is 19.5. The van der Waals surface area contributed by atoms with Crippen LogP contribution in [-0.2, 0) is 33.2 Å². The Hall–Kier alpha value is -0.970. The summed E-state index contributed by atoms with van der Waals surface area (Å²) < 4.78 is 38.2. The van der Waals surface area contributed by atoms with E-state index in [2.05, 4.69) is 11.8 Å². The summed E-state index contributed by atoms with van der Waals surface area (Å²) in [6.07, 6.45) is -5.73. The summed E-state index contributed by atoms with van der Waals surface area (Å²) in [5, 5.41) is 46.8. The second-order valence-corrected chi connectivity index (χ2v) is 17.5. The first-order chi connectivity index (χ1) is 23.9. The summed E-state index contributed by atoms with van der Waals surface area (Å²) in [6.45, 7) is 20.7. The van der Waals surface area contributed by atoms with Crippen LogP contribution in [0.4, 0.5) is 0 Å². The molecule has 0 unspecified atom stereocenters. The van der Waals surface area contributed by atoms with E-state index in [1.165, 1.54) is 14.0 Å².